The zero-order valence-corrected chi connectivity index (χ0v) is 19.9. The lowest BCUT2D eigenvalue weighted by Crippen LogP contribution is -2.65. The maximum absolute atomic E-state index is 14.0. The Kier molecular flexibility index (Phi) is 5.75. The molecule has 8 heteroatoms. The lowest BCUT2D eigenvalue weighted by molar-refractivity contribution is -0.127. The van der Waals surface area contributed by atoms with E-state index < -0.39 is 5.54 Å². The second-order valence-corrected chi connectivity index (χ2v) is 9.40. The third-order valence-electron chi connectivity index (χ3n) is 7.21. The molecule has 0 radical (unpaired) electrons. The number of amides is 2. The van der Waals surface area contributed by atoms with Gasteiger partial charge in [-0.3, -0.25) is 14.5 Å². The Morgan fingerprint density at radius 2 is 1.85 bits per heavy atom. The summed E-state index contributed by atoms with van der Waals surface area (Å²) in [6.45, 7) is 2.11. The molecule has 1 N–H and O–H groups in total. The van der Waals surface area contributed by atoms with Gasteiger partial charge in [-0.25, -0.2) is 0 Å². The average molecular weight is 466 g/mol. The van der Waals surface area contributed by atoms with Crippen molar-refractivity contribution in [3.05, 3.63) is 42.3 Å². The first-order chi connectivity index (χ1) is 16.5. The second kappa shape index (κ2) is 8.74. The van der Waals surface area contributed by atoms with Crippen molar-refractivity contribution in [3.63, 3.8) is 0 Å². The summed E-state index contributed by atoms with van der Waals surface area (Å²) in [7, 11) is 3.12. The van der Waals surface area contributed by atoms with Crippen LogP contribution in [-0.2, 0) is 11.3 Å². The number of methoxy groups -OCH3 is 2. The molecule has 8 nitrogen and oxygen atoms in total. The average Bonchev–Trinajstić information content (AvgIpc) is 3.33. The van der Waals surface area contributed by atoms with Crippen molar-refractivity contribution in [2.24, 2.45) is 0 Å². The van der Waals surface area contributed by atoms with Crippen molar-refractivity contribution in [1.29, 1.82) is 0 Å². The fraction of sp³-hybridized carbons (Fsp3) is 0.462. The molecule has 1 aliphatic heterocycles. The molecule has 0 bridgehead atoms. The summed E-state index contributed by atoms with van der Waals surface area (Å²) in [5.41, 5.74) is 1.19. The van der Waals surface area contributed by atoms with E-state index in [0.29, 0.717) is 28.5 Å². The minimum Gasteiger partial charge on any atom is -0.497 e. The topological polar surface area (TPSA) is 85.9 Å². The van der Waals surface area contributed by atoms with E-state index in [4.69, 9.17) is 13.9 Å². The number of aromatic nitrogens is 1. The number of hydrogen-bond donors (Lipinski definition) is 1. The van der Waals surface area contributed by atoms with Crippen LogP contribution in [0.1, 0.15) is 55.9 Å². The number of carbonyl (C=O) groups excluding carboxylic acids is 2. The minimum atomic E-state index is -1.20. The molecule has 1 unspecified atom stereocenters. The predicted molar refractivity (Wildman–Crippen MR) is 129 cm³/mol. The molecule has 2 amide bonds. The zero-order chi connectivity index (χ0) is 23.9. The number of nitrogens with zero attached hydrogens (tertiary/aromatic N) is 2. The monoisotopic (exact) mass is 465 g/mol. The molecule has 0 spiro atoms. The van der Waals surface area contributed by atoms with Crippen molar-refractivity contribution >= 4 is 28.6 Å². The maximum atomic E-state index is 14.0. The van der Waals surface area contributed by atoms with Crippen LogP contribution < -0.4 is 19.7 Å². The van der Waals surface area contributed by atoms with E-state index in [1.807, 2.05) is 17.6 Å². The Balaban J connectivity index is 1.62. The number of carbonyl (C=O) groups is 2. The molecular weight excluding hydrogens is 434 g/mol. The SMILES string of the molecule is COc1ccc(OC)c(N2C(=O)c3cc4occc4n3CC2(C)C(=O)NC2CCCCCC2)c1. The molecule has 180 valence electrons. The fourth-order valence-electron chi connectivity index (χ4n) is 5.33. The van der Waals surface area contributed by atoms with Gasteiger partial charge in [0.1, 0.15) is 22.7 Å². The van der Waals surface area contributed by atoms with Crippen LogP contribution >= 0.6 is 0 Å². The maximum Gasteiger partial charge on any atom is 0.276 e. The second-order valence-electron chi connectivity index (χ2n) is 9.40. The number of furan rings is 1. The predicted octanol–water partition coefficient (Wildman–Crippen LogP) is 4.51. The Morgan fingerprint density at radius 1 is 1.09 bits per heavy atom. The van der Waals surface area contributed by atoms with Gasteiger partial charge in [-0.1, -0.05) is 25.7 Å². The summed E-state index contributed by atoms with van der Waals surface area (Å²) in [6, 6.07) is 8.95. The van der Waals surface area contributed by atoms with Gasteiger partial charge >= 0.3 is 0 Å². The van der Waals surface area contributed by atoms with Gasteiger partial charge in [0.25, 0.3) is 5.91 Å². The molecular formula is C26H31N3O5. The third kappa shape index (κ3) is 3.61. The molecule has 1 aromatic carbocycles. The number of hydrogen-bond acceptors (Lipinski definition) is 5. The van der Waals surface area contributed by atoms with E-state index in [-0.39, 0.29) is 24.4 Å². The zero-order valence-electron chi connectivity index (χ0n) is 19.9. The highest BCUT2D eigenvalue weighted by molar-refractivity contribution is 6.14. The molecule has 2 aliphatic rings. The standard InChI is InChI=1S/C26H31N3O5/c1-26(25(31)27-17-8-6-4-5-7-9-17)16-28-19-12-13-34-23(19)15-21(28)24(30)29(26)20-14-18(32-2)10-11-22(20)33-3/h10-15,17H,4-9,16H2,1-3H3,(H,27,31). The Labute approximate surface area is 198 Å². The highest BCUT2D eigenvalue weighted by Gasteiger charge is 2.50. The number of fused-ring (bicyclic) bond motifs is 3. The van der Waals surface area contributed by atoms with Gasteiger partial charge in [0.15, 0.2) is 5.58 Å². The van der Waals surface area contributed by atoms with Gasteiger partial charge in [-0.05, 0) is 31.9 Å². The fourth-order valence-corrected chi connectivity index (χ4v) is 5.33. The first-order valence-corrected chi connectivity index (χ1v) is 11.9. The number of nitrogens with one attached hydrogen (secondary N) is 1. The number of rotatable bonds is 5. The number of ether oxygens (including phenoxy) is 2. The van der Waals surface area contributed by atoms with E-state index in [1.165, 1.54) is 12.8 Å². The molecule has 0 saturated heterocycles. The summed E-state index contributed by atoms with van der Waals surface area (Å²) >= 11 is 0. The Morgan fingerprint density at radius 3 is 2.56 bits per heavy atom. The minimum absolute atomic E-state index is 0.107. The Hall–Kier alpha value is -3.42. The highest BCUT2D eigenvalue weighted by Crippen LogP contribution is 2.41. The van der Waals surface area contributed by atoms with Crippen LogP contribution in [0.4, 0.5) is 5.69 Å². The van der Waals surface area contributed by atoms with Gasteiger partial charge in [-0.15, -0.1) is 0 Å². The first kappa shape index (κ1) is 22.4. The van der Waals surface area contributed by atoms with E-state index in [0.717, 1.165) is 31.2 Å². The summed E-state index contributed by atoms with van der Waals surface area (Å²) in [5, 5.41) is 3.28. The molecule has 34 heavy (non-hydrogen) atoms. The third-order valence-corrected chi connectivity index (χ3v) is 7.21. The van der Waals surface area contributed by atoms with Crippen molar-refractivity contribution < 1.29 is 23.5 Å². The number of benzene rings is 1. The van der Waals surface area contributed by atoms with Crippen LogP contribution in [0.2, 0.25) is 0 Å². The molecule has 1 atom stereocenters. The smallest absolute Gasteiger partial charge is 0.276 e. The molecule has 1 aliphatic carbocycles. The summed E-state index contributed by atoms with van der Waals surface area (Å²) in [5.74, 6) is 0.604. The van der Waals surface area contributed by atoms with E-state index >= 15 is 0 Å². The quantitative estimate of drug-likeness (QED) is 0.561. The highest BCUT2D eigenvalue weighted by atomic mass is 16.5. The molecule has 1 saturated carbocycles. The van der Waals surface area contributed by atoms with E-state index in [9.17, 15) is 9.59 Å². The van der Waals surface area contributed by atoms with Gasteiger partial charge < -0.3 is 23.8 Å². The summed E-state index contributed by atoms with van der Waals surface area (Å²) in [4.78, 5) is 29.5. The van der Waals surface area contributed by atoms with Crippen molar-refractivity contribution in [2.45, 2.75) is 63.6 Å². The van der Waals surface area contributed by atoms with Crippen molar-refractivity contribution in [3.8, 4) is 11.5 Å². The lowest BCUT2D eigenvalue weighted by Gasteiger charge is -2.44. The molecule has 3 aromatic rings. The normalized spacial score (nSPS) is 21.3. The molecule has 2 aromatic heterocycles. The first-order valence-electron chi connectivity index (χ1n) is 11.9. The summed E-state index contributed by atoms with van der Waals surface area (Å²) in [6.07, 6.45) is 8.11. The van der Waals surface area contributed by atoms with Gasteiger partial charge in [-0.2, -0.15) is 0 Å². The van der Waals surface area contributed by atoms with Gasteiger partial charge in [0.2, 0.25) is 5.91 Å². The van der Waals surface area contributed by atoms with Crippen LogP contribution in [0.3, 0.4) is 0 Å². The Bertz CT molecular complexity index is 1220. The molecule has 1 fully saturated rings. The van der Waals surface area contributed by atoms with E-state index in [1.54, 1.807) is 49.6 Å². The van der Waals surface area contributed by atoms with E-state index in [2.05, 4.69) is 5.32 Å². The summed E-state index contributed by atoms with van der Waals surface area (Å²) < 4.78 is 18.5. The number of anilines is 1. The molecule has 3 heterocycles. The van der Waals surface area contributed by atoms with Crippen LogP contribution in [0.5, 0.6) is 11.5 Å². The van der Waals surface area contributed by atoms with Crippen LogP contribution in [0.25, 0.3) is 11.1 Å². The van der Waals surface area contributed by atoms with Crippen LogP contribution in [-0.4, -0.2) is 42.2 Å². The van der Waals surface area contributed by atoms with Gasteiger partial charge in [0.05, 0.1) is 38.2 Å². The molecule has 5 rings (SSSR count). The lowest BCUT2D eigenvalue weighted by atomic mass is 9.92. The van der Waals surface area contributed by atoms with Crippen LogP contribution in [0.15, 0.2) is 41.0 Å². The largest absolute Gasteiger partial charge is 0.497 e. The van der Waals surface area contributed by atoms with Crippen molar-refractivity contribution in [1.82, 2.24) is 9.88 Å². The van der Waals surface area contributed by atoms with Gasteiger partial charge in [0, 0.05) is 24.2 Å². The van der Waals surface area contributed by atoms with Crippen LogP contribution in [0, 0.1) is 0 Å². The van der Waals surface area contributed by atoms with Crippen molar-refractivity contribution in [2.75, 3.05) is 19.1 Å².